The SMILES string of the molecule is CC(C)=CCC/C(C)=C\CNC(=O)C(=O)NCCc1ccccn1. The fraction of sp³-hybridized carbons (Fsp3) is 0.421. The summed E-state index contributed by atoms with van der Waals surface area (Å²) in [6.07, 6.45) is 8.38. The van der Waals surface area contributed by atoms with Gasteiger partial charge in [-0.1, -0.05) is 29.4 Å². The van der Waals surface area contributed by atoms with Crippen molar-refractivity contribution in [1.82, 2.24) is 15.6 Å². The number of carbonyl (C=O) groups excluding carboxylic acids is 2. The molecule has 0 fully saturated rings. The van der Waals surface area contributed by atoms with Crippen LogP contribution in [0, 0.1) is 0 Å². The Kier molecular flexibility index (Phi) is 9.12. The van der Waals surface area contributed by atoms with Gasteiger partial charge in [0, 0.05) is 31.4 Å². The molecule has 130 valence electrons. The summed E-state index contributed by atoms with van der Waals surface area (Å²) in [5.41, 5.74) is 3.38. The second-order valence-electron chi connectivity index (χ2n) is 5.91. The summed E-state index contributed by atoms with van der Waals surface area (Å²) < 4.78 is 0. The smallest absolute Gasteiger partial charge is 0.309 e. The van der Waals surface area contributed by atoms with Gasteiger partial charge in [-0.3, -0.25) is 14.6 Å². The zero-order valence-corrected chi connectivity index (χ0v) is 14.8. The van der Waals surface area contributed by atoms with E-state index >= 15 is 0 Å². The highest BCUT2D eigenvalue weighted by atomic mass is 16.2. The quantitative estimate of drug-likeness (QED) is 0.569. The number of nitrogens with one attached hydrogen (secondary N) is 2. The summed E-state index contributed by atoms with van der Waals surface area (Å²) in [4.78, 5) is 27.5. The Balaban J connectivity index is 2.21. The molecule has 0 aliphatic rings. The number of hydrogen-bond donors (Lipinski definition) is 2. The van der Waals surface area contributed by atoms with Crippen molar-refractivity contribution in [2.24, 2.45) is 0 Å². The molecule has 0 aromatic carbocycles. The van der Waals surface area contributed by atoms with E-state index in [1.807, 2.05) is 31.2 Å². The van der Waals surface area contributed by atoms with Gasteiger partial charge in [0.1, 0.15) is 0 Å². The molecule has 1 aromatic rings. The van der Waals surface area contributed by atoms with Crippen molar-refractivity contribution in [3.63, 3.8) is 0 Å². The molecule has 0 saturated carbocycles. The minimum Gasteiger partial charge on any atom is -0.347 e. The summed E-state index contributed by atoms with van der Waals surface area (Å²) in [6, 6.07) is 5.61. The van der Waals surface area contributed by atoms with Crippen LogP contribution in [0.2, 0.25) is 0 Å². The van der Waals surface area contributed by atoms with Crippen LogP contribution < -0.4 is 10.6 Å². The van der Waals surface area contributed by atoms with Gasteiger partial charge in [-0.05, 0) is 45.7 Å². The Hall–Kier alpha value is -2.43. The minimum absolute atomic E-state index is 0.368. The molecule has 5 heteroatoms. The van der Waals surface area contributed by atoms with E-state index in [-0.39, 0.29) is 0 Å². The van der Waals surface area contributed by atoms with Crippen LogP contribution in [0.5, 0.6) is 0 Å². The Morgan fingerprint density at radius 2 is 1.83 bits per heavy atom. The predicted molar refractivity (Wildman–Crippen MR) is 96.4 cm³/mol. The van der Waals surface area contributed by atoms with E-state index in [1.54, 1.807) is 6.20 Å². The van der Waals surface area contributed by atoms with Crippen LogP contribution >= 0.6 is 0 Å². The third-order valence-electron chi connectivity index (χ3n) is 3.40. The molecule has 1 rings (SSSR count). The lowest BCUT2D eigenvalue weighted by atomic mass is 10.1. The first kappa shape index (κ1) is 19.6. The standard InChI is InChI=1S/C19H27N3O2/c1-15(2)7-6-8-16(3)10-13-21-18(23)19(24)22-14-11-17-9-4-5-12-20-17/h4-5,7,9-10,12H,6,8,11,13-14H2,1-3H3,(H,21,23)(H,22,24)/b16-10-. The first-order valence-electron chi connectivity index (χ1n) is 8.24. The van der Waals surface area contributed by atoms with Gasteiger partial charge in [-0.2, -0.15) is 0 Å². The molecule has 0 spiro atoms. The van der Waals surface area contributed by atoms with Crippen molar-refractivity contribution >= 4 is 11.8 Å². The molecule has 0 bridgehead atoms. The Morgan fingerprint density at radius 3 is 2.50 bits per heavy atom. The van der Waals surface area contributed by atoms with Crippen molar-refractivity contribution in [3.8, 4) is 0 Å². The van der Waals surface area contributed by atoms with Crippen LogP contribution in [-0.4, -0.2) is 29.9 Å². The van der Waals surface area contributed by atoms with Crippen LogP contribution in [0.4, 0.5) is 0 Å². The van der Waals surface area contributed by atoms with E-state index < -0.39 is 11.8 Å². The molecule has 0 saturated heterocycles. The van der Waals surface area contributed by atoms with Gasteiger partial charge >= 0.3 is 11.8 Å². The highest BCUT2D eigenvalue weighted by molar-refractivity contribution is 6.35. The van der Waals surface area contributed by atoms with E-state index in [4.69, 9.17) is 0 Å². The average Bonchev–Trinajstić information content (AvgIpc) is 2.55. The summed E-state index contributed by atoms with van der Waals surface area (Å²) >= 11 is 0. The number of carbonyl (C=O) groups is 2. The third kappa shape index (κ3) is 8.88. The van der Waals surface area contributed by atoms with Crippen LogP contribution in [-0.2, 0) is 16.0 Å². The van der Waals surface area contributed by atoms with Gasteiger partial charge in [-0.15, -0.1) is 0 Å². The Bertz CT molecular complexity index is 588. The van der Waals surface area contributed by atoms with E-state index in [1.165, 1.54) is 11.1 Å². The highest BCUT2D eigenvalue weighted by Gasteiger charge is 2.11. The second-order valence-corrected chi connectivity index (χ2v) is 5.91. The lowest BCUT2D eigenvalue weighted by molar-refractivity contribution is -0.139. The van der Waals surface area contributed by atoms with E-state index in [2.05, 4.69) is 35.5 Å². The molecule has 2 N–H and O–H groups in total. The molecule has 24 heavy (non-hydrogen) atoms. The lowest BCUT2D eigenvalue weighted by Crippen LogP contribution is -2.40. The van der Waals surface area contributed by atoms with Gasteiger partial charge in [0.2, 0.25) is 0 Å². The fourth-order valence-electron chi connectivity index (χ4n) is 2.02. The van der Waals surface area contributed by atoms with Gasteiger partial charge < -0.3 is 10.6 Å². The minimum atomic E-state index is -0.610. The molecule has 1 aromatic heterocycles. The first-order chi connectivity index (χ1) is 11.5. The van der Waals surface area contributed by atoms with Crippen molar-refractivity contribution in [2.75, 3.05) is 13.1 Å². The normalized spacial score (nSPS) is 10.9. The molecule has 2 amide bonds. The summed E-state index contributed by atoms with van der Waals surface area (Å²) in [5.74, 6) is -1.22. The second kappa shape index (κ2) is 11.2. The maximum Gasteiger partial charge on any atom is 0.309 e. The van der Waals surface area contributed by atoms with Crippen LogP contribution in [0.25, 0.3) is 0 Å². The van der Waals surface area contributed by atoms with Crippen LogP contribution in [0.3, 0.4) is 0 Å². The summed E-state index contributed by atoms with van der Waals surface area (Å²) in [7, 11) is 0. The molecule has 5 nitrogen and oxygen atoms in total. The maximum absolute atomic E-state index is 11.7. The Morgan fingerprint density at radius 1 is 1.08 bits per heavy atom. The van der Waals surface area contributed by atoms with Gasteiger partial charge in [0.05, 0.1) is 0 Å². The topological polar surface area (TPSA) is 71.1 Å². The maximum atomic E-state index is 11.7. The van der Waals surface area contributed by atoms with Crippen molar-refractivity contribution < 1.29 is 9.59 Å². The van der Waals surface area contributed by atoms with E-state index in [0.717, 1.165) is 18.5 Å². The summed E-state index contributed by atoms with van der Waals surface area (Å²) in [6.45, 7) is 6.93. The first-order valence-corrected chi connectivity index (χ1v) is 8.24. The van der Waals surface area contributed by atoms with Crippen molar-refractivity contribution in [3.05, 3.63) is 53.4 Å². The molecule has 0 aliphatic heterocycles. The molecule has 0 radical (unpaired) electrons. The largest absolute Gasteiger partial charge is 0.347 e. The van der Waals surface area contributed by atoms with E-state index in [0.29, 0.717) is 19.5 Å². The summed E-state index contributed by atoms with van der Waals surface area (Å²) in [5, 5.41) is 5.20. The lowest BCUT2D eigenvalue weighted by Gasteiger charge is -2.05. The third-order valence-corrected chi connectivity index (χ3v) is 3.40. The number of nitrogens with zero attached hydrogens (tertiary/aromatic N) is 1. The highest BCUT2D eigenvalue weighted by Crippen LogP contribution is 2.05. The van der Waals surface area contributed by atoms with Crippen molar-refractivity contribution in [2.45, 2.75) is 40.0 Å². The monoisotopic (exact) mass is 329 g/mol. The molecule has 0 aliphatic carbocycles. The zero-order valence-electron chi connectivity index (χ0n) is 14.8. The number of amides is 2. The number of allylic oxidation sites excluding steroid dienone is 3. The van der Waals surface area contributed by atoms with Crippen LogP contribution in [0.1, 0.15) is 39.3 Å². The number of hydrogen-bond acceptors (Lipinski definition) is 3. The predicted octanol–water partition coefficient (Wildman–Crippen LogP) is 2.55. The molecule has 0 atom stereocenters. The van der Waals surface area contributed by atoms with E-state index in [9.17, 15) is 9.59 Å². The number of rotatable bonds is 8. The average molecular weight is 329 g/mol. The van der Waals surface area contributed by atoms with Crippen molar-refractivity contribution in [1.29, 1.82) is 0 Å². The molecule has 1 heterocycles. The fourth-order valence-corrected chi connectivity index (χ4v) is 2.02. The number of aromatic nitrogens is 1. The van der Waals surface area contributed by atoms with Crippen LogP contribution in [0.15, 0.2) is 47.7 Å². The molecule has 0 unspecified atom stereocenters. The van der Waals surface area contributed by atoms with Gasteiger partial charge in [0.15, 0.2) is 0 Å². The van der Waals surface area contributed by atoms with Gasteiger partial charge in [0.25, 0.3) is 0 Å². The number of pyridine rings is 1. The zero-order chi connectivity index (χ0) is 17.8. The molecular formula is C19H27N3O2. The Labute approximate surface area is 144 Å². The molecular weight excluding hydrogens is 302 g/mol. The van der Waals surface area contributed by atoms with Gasteiger partial charge in [-0.25, -0.2) is 0 Å².